The van der Waals surface area contributed by atoms with Crippen molar-refractivity contribution in [2.75, 3.05) is 26.9 Å². The maximum Gasteiger partial charge on any atom is 0.295 e. The molecule has 2 aliphatic heterocycles. The Bertz CT molecular complexity index is 1140. The number of hydrogen-bond donors (Lipinski definition) is 1. The second-order valence-electron chi connectivity index (χ2n) is 9.54. The van der Waals surface area contributed by atoms with E-state index in [1.807, 2.05) is 37.3 Å². The van der Waals surface area contributed by atoms with E-state index in [4.69, 9.17) is 14.2 Å². The summed E-state index contributed by atoms with van der Waals surface area (Å²) < 4.78 is 16.9. The Morgan fingerprint density at radius 1 is 1.17 bits per heavy atom. The van der Waals surface area contributed by atoms with Crippen LogP contribution in [0, 0.1) is 5.92 Å². The minimum absolute atomic E-state index is 0.0560. The topological polar surface area (TPSA) is 85.3 Å². The van der Waals surface area contributed by atoms with Gasteiger partial charge in [-0.15, -0.1) is 0 Å². The first-order chi connectivity index (χ1) is 16.8. The average molecular weight is 480 g/mol. The molecule has 7 nitrogen and oxygen atoms in total. The van der Waals surface area contributed by atoms with Crippen molar-refractivity contribution in [1.29, 1.82) is 0 Å². The number of aliphatic hydroxyl groups excluding tert-OH is 1. The van der Waals surface area contributed by atoms with Crippen molar-refractivity contribution in [2.24, 2.45) is 5.92 Å². The molecule has 0 unspecified atom stereocenters. The van der Waals surface area contributed by atoms with Crippen molar-refractivity contribution in [1.82, 2.24) is 4.90 Å². The fourth-order valence-electron chi connectivity index (χ4n) is 4.56. The normalized spacial score (nSPS) is 20.9. The number of methoxy groups -OCH3 is 1. The molecule has 35 heavy (non-hydrogen) atoms. The van der Waals surface area contributed by atoms with Crippen LogP contribution >= 0.6 is 0 Å². The maximum atomic E-state index is 13.2. The number of rotatable bonds is 9. The van der Waals surface area contributed by atoms with E-state index in [0.29, 0.717) is 29.4 Å². The fraction of sp³-hybridized carbons (Fsp3) is 0.429. The molecule has 2 aromatic rings. The molecule has 0 spiro atoms. The predicted octanol–water partition coefficient (Wildman–Crippen LogP) is 4.50. The first-order valence-corrected chi connectivity index (χ1v) is 12.1. The number of ketones is 1. The summed E-state index contributed by atoms with van der Waals surface area (Å²) in [5.74, 6) is 0.390. The molecule has 1 fully saturated rings. The smallest absolute Gasteiger partial charge is 0.295 e. The zero-order chi connectivity index (χ0) is 25.1. The molecule has 2 aliphatic rings. The van der Waals surface area contributed by atoms with Crippen molar-refractivity contribution >= 4 is 17.4 Å². The lowest BCUT2D eigenvalue weighted by Crippen LogP contribution is -2.32. The molecule has 2 aromatic carbocycles. The summed E-state index contributed by atoms with van der Waals surface area (Å²) in [6.45, 7) is 7.31. The van der Waals surface area contributed by atoms with Crippen LogP contribution < -0.4 is 9.47 Å². The van der Waals surface area contributed by atoms with Crippen molar-refractivity contribution in [3.63, 3.8) is 0 Å². The lowest BCUT2D eigenvalue weighted by molar-refractivity contribution is -0.140. The van der Waals surface area contributed by atoms with Gasteiger partial charge in [0.2, 0.25) is 0 Å². The van der Waals surface area contributed by atoms with Crippen LogP contribution in [-0.4, -0.2) is 54.7 Å². The van der Waals surface area contributed by atoms with Gasteiger partial charge in [-0.1, -0.05) is 26.0 Å². The van der Waals surface area contributed by atoms with Gasteiger partial charge in [0.15, 0.2) is 0 Å². The fourth-order valence-corrected chi connectivity index (χ4v) is 4.56. The van der Waals surface area contributed by atoms with Crippen LogP contribution in [0.1, 0.15) is 49.9 Å². The highest BCUT2D eigenvalue weighted by atomic mass is 16.5. The molecule has 0 bridgehead atoms. The van der Waals surface area contributed by atoms with E-state index in [-0.39, 0.29) is 30.6 Å². The zero-order valence-corrected chi connectivity index (χ0v) is 20.7. The summed E-state index contributed by atoms with van der Waals surface area (Å²) in [4.78, 5) is 27.7. The number of carbonyl (C=O) groups is 2. The number of amides is 1. The molecule has 0 aliphatic carbocycles. The summed E-state index contributed by atoms with van der Waals surface area (Å²) in [6.07, 6.45) is 1.69. The van der Waals surface area contributed by atoms with Gasteiger partial charge in [0.25, 0.3) is 11.7 Å². The molecule has 1 N–H and O–H groups in total. The SMILES string of the molecule is COCCN1C(=O)C(=O)/C(=C(/O)c2ccc3c(c2)C[C@@H](C)O3)[C@H]1c1cccc(OCCC(C)C)c1. The second kappa shape index (κ2) is 10.5. The van der Waals surface area contributed by atoms with Crippen LogP contribution in [0.3, 0.4) is 0 Å². The first-order valence-electron chi connectivity index (χ1n) is 12.1. The Labute approximate surface area is 206 Å². The number of likely N-dealkylation sites (tertiary alicyclic amines) is 1. The molecular formula is C28H33NO6. The number of benzene rings is 2. The van der Waals surface area contributed by atoms with Crippen molar-refractivity contribution in [3.05, 3.63) is 64.7 Å². The van der Waals surface area contributed by atoms with Crippen molar-refractivity contribution < 1.29 is 28.9 Å². The molecule has 7 heteroatoms. The van der Waals surface area contributed by atoms with Gasteiger partial charge in [0.05, 0.1) is 24.8 Å². The first kappa shape index (κ1) is 24.8. The number of aliphatic hydroxyl groups is 1. The van der Waals surface area contributed by atoms with Gasteiger partial charge in [-0.2, -0.15) is 0 Å². The minimum Gasteiger partial charge on any atom is -0.507 e. The predicted molar refractivity (Wildman–Crippen MR) is 133 cm³/mol. The largest absolute Gasteiger partial charge is 0.507 e. The maximum absolute atomic E-state index is 13.2. The molecule has 0 saturated carbocycles. The van der Waals surface area contributed by atoms with E-state index >= 15 is 0 Å². The van der Waals surface area contributed by atoms with E-state index in [0.717, 1.165) is 24.2 Å². The molecule has 2 atom stereocenters. The summed E-state index contributed by atoms with van der Waals surface area (Å²) in [5, 5.41) is 11.3. The van der Waals surface area contributed by atoms with Crippen molar-refractivity contribution in [3.8, 4) is 11.5 Å². The summed E-state index contributed by atoms with van der Waals surface area (Å²) in [7, 11) is 1.54. The average Bonchev–Trinajstić information content (AvgIpc) is 3.32. The molecule has 1 saturated heterocycles. The summed E-state index contributed by atoms with van der Waals surface area (Å²) in [5.41, 5.74) is 2.21. The Kier molecular flexibility index (Phi) is 7.45. The number of fused-ring (bicyclic) bond motifs is 1. The number of nitrogens with zero attached hydrogens (tertiary/aromatic N) is 1. The molecular weight excluding hydrogens is 446 g/mol. The second-order valence-corrected chi connectivity index (χ2v) is 9.54. The third-order valence-electron chi connectivity index (χ3n) is 6.38. The van der Waals surface area contributed by atoms with Crippen LogP contribution in [0.5, 0.6) is 11.5 Å². The van der Waals surface area contributed by atoms with Gasteiger partial charge in [0.1, 0.15) is 23.4 Å². The van der Waals surface area contributed by atoms with Gasteiger partial charge in [-0.25, -0.2) is 0 Å². The van der Waals surface area contributed by atoms with Crippen LogP contribution in [-0.2, 0) is 20.7 Å². The number of Topliss-reactive ketones (excluding diaryl/α,β-unsaturated/α-hetero) is 1. The van der Waals surface area contributed by atoms with Gasteiger partial charge in [-0.3, -0.25) is 9.59 Å². The molecule has 186 valence electrons. The molecule has 0 radical (unpaired) electrons. The Balaban J connectivity index is 1.75. The van der Waals surface area contributed by atoms with E-state index in [2.05, 4.69) is 13.8 Å². The van der Waals surface area contributed by atoms with Gasteiger partial charge in [0, 0.05) is 25.6 Å². The highest BCUT2D eigenvalue weighted by Crippen LogP contribution is 2.41. The van der Waals surface area contributed by atoms with Gasteiger partial charge in [-0.05, 0) is 60.7 Å². The van der Waals surface area contributed by atoms with Crippen molar-refractivity contribution in [2.45, 2.75) is 45.8 Å². The van der Waals surface area contributed by atoms with E-state index in [1.54, 1.807) is 19.2 Å². The molecule has 0 aromatic heterocycles. The minimum atomic E-state index is -0.748. The highest BCUT2D eigenvalue weighted by molar-refractivity contribution is 6.46. The monoisotopic (exact) mass is 479 g/mol. The standard InChI is InChI=1S/C28H33NO6/c1-17(2)10-12-34-22-7-5-6-19(16-22)25-24(27(31)28(32)29(25)11-13-33-4)26(30)20-8-9-23-21(15-20)14-18(3)35-23/h5-9,15-18,25,30H,10-14H2,1-4H3/b26-24+/t18-,25-/m1/s1. The van der Waals surface area contributed by atoms with Crippen LogP contribution in [0.25, 0.3) is 5.76 Å². The van der Waals surface area contributed by atoms with Crippen LogP contribution in [0.15, 0.2) is 48.0 Å². The highest BCUT2D eigenvalue weighted by Gasteiger charge is 2.46. The third-order valence-corrected chi connectivity index (χ3v) is 6.38. The number of carbonyl (C=O) groups excluding carboxylic acids is 2. The molecule has 2 heterocycles. The Morgan fingerprint density at radius 2 is 1.97 bits per heavy atom. The lowest BCUT2D eigenvalue weighted by atomic mass is 9.94. The van der Waals surface area contributed by atoms with E-state index < -0.39 is 17.7 Å². The van der Waals surface area contributed by atoms with E-state index in [1.165, 1.54) is 4.90 Å². The molecule has 1 amide bonds. The van der Waals surface area contributed by atoms with E-state index in [9.17, 15) is 14.7 Å². The van der Waals surface area contributed by atoms with Crippen LogP contribution in [0.4, 0.5) is 0 Å². The summed E-state index contributed by atoms with van der Waals surface area (Å²) in [6, 6.07) is 12.0. The third kappa shape index (κ3) is 5.20. The quantitative estimate of drug-likeness (QED) is 0.324. The molecule has 4 rings (SSSR count). The van der Waals surface area contributed by atoms with Crippen LogP contribution in [0.2, 0.25) is 0 Å². The zero-order valence-electron chi connectivity index (χ0n) is 20.7. The van der Waals surface area contributed by atoms with Gasteiger partial charge < -0.3 is 24.2 Å². The van der Waals surface area contributed by atoms with Gasteiger partial charge >= 0.3 is 0 Å². The number of ether oxygens (including phenoxy) is 3. The number of hydrogen-bond acceptors (Lipinski definition) is 6. The Hall–Kier alpha value is -3.32. The summed E-state index contributed by atoms with van der Waals surface area (Å²) >= 11 is 0. The lowest BCUT2D eigenvalue weighted by Gasteiger charge is -2.25. The Morgan fingerprint density at radius 3 is 2.71 bits per heavy atom.